The minimum atomic E-state index is -0.803. The molecule has 0 bridgehead atoms. The quantitative estimate of drug-likeness (QED) is 0.845. The molecule has 1 aliphatic carbocycles. The van der Waals surface area contributed by atoms with Crippen LogP contribution in [0.5, 0.6) is 0 Å². The second-order valence-corrected chi connectivity index (χ2v) is 6.00. The zero-order valence-electron chi connectivity index (χ0n) is 12.7. The van der Waals surface area contributed by atoms with Crippen molar-refractivity contribution in [1.29, 1.82) is 0 Å². The van der Waals surface area contributed by atoms with Crippen molar-refractivity contribution in [2.75, 3.05) is 12.1 Å². The van der Waals surface area contributed by atoms with E-state index in [1.165, 1.54) is 12.1 Å². The molecule has 3 rings (SSSR count). The molecule has 0 atom stereocenters. The number of carbonyl (C=O) groups excluding carboxylic acids is 3. The average Bonchev–Trinajstić information content (AvgIpc) is 2.99. The Labute approximate surface area is 132 Å². The first kappa shape index (κ1) is 15.5. The number of benzene rings is 1. The summed E-state index contributed by atoms with van der Waals surface area (Å²) in [6.07, 6.45) is 3.31. The zero-order chi connectivity index (χ0) is 16.6. The summed E-state index contributed by atoms with van der Waals surface area (Å²) in [4.78, 5) is 36.2. The van der Waals surface area contributed by atoms with E-state index in [1.54, 1.807) is 0 Å². The lowest BCUT2D eigenvalue weighted by Gasteiger charge is -2.38. The van der Waals surface area contributed by atoms with Crippen LogP contribution in [0, 0.1) is 11.2 Å². The maximum Gasteiger partial charge on any atom is 0.340 e. The SMILES string of the molecule is COC(=O)c1ccc(N2NC(=O)CC3(CCCC3)C2=O)cc1F. The molecule has 7 heteroatoms. The molecule has 0 radical (unpaired) electrons. The molecule has 1 aromatic rings. The Morgan fingerprint density at radius 2 is 2.00 bits per heavy atom. The Kier molecular flexibility index (Phi) is 3.79. The first-order chi connectivity index (χ1) is 11.0. The fourth-order valence-corrected chi connectivity index (χ4v) is 3.38. The monoisotopic (exact) mass is 320 g/mol. The van der Waals surface area contributed by atoms with Crippen LogP contribution >= 0.6 is 0 Å². The van der Waals surface area contributed by atoms with Crippen molar-refractivity contribution in [1.82, 2.24) is 5.43 Å². The van der Waals surface area contributed by atoms with Crippen LogP contribution < -0.4 is 10.4 Å². The van der Waals surface area contributed by atoms with E-state index in [9.17, 15) is 18.8 Å². The van der Waals surface area contributed by atoms with Gasteiger partial charge in [0, 0.05) is 12.5 Å². The summed E-state index contributed by atoms with van der Waals surface area (Å²) < 4.78 is 18.6. The summed E-state index contributed by atoms with van der Waals surface area (Å²) in [6, 6.07) is 3.71. The van der Waals surface area contributed by atoms with Gasteiger partial charge in [0.25, 0.3) is 5.91 Å². The number of hydrogen-bond donors (Lipinski definition) is 1. The number of hydrazine groups is 1. The third kappa shape index (κ3) is 2.56. The summed E-state index contributed by atoms with van der Waals surface area (Å²) in [5, 5.41) is 1.10. The molecule has 1 N–H and O–H groups in total. The third-order valence-corrected chi connectivity index (χ3v) is 4.57. The summed E-state index contributed by atoms with van der Waals surface area (Å²) in [5.74, 6) is -2.08. The molecule has 2 amide bonds. The molecule has 2 fully saturated rings. The molecule has 0 unspecified atom stereocenters. The van der Waals surface area contributed by atoms with E-state index in [0.29, 0.717) is 12.8 Å². The first-order valence-electron chi connectivity index (χ1n) is 7.49. The van der Waals surface area contributed by atoms with Crippen LogP contribution in [0.2, 0.25) is 0 Å². The van der Waals surface area contributed by atoms with E-state index in [2.05, 4.69) is 10.2 Å². The van der Waals surface area contributed by atoms with E-state index in [4.69, 9.17) is 0 Å². The van der Waals surface area contributed by atoms with Gasteiger partial charge in [-0.2, -0.15) is 0 Å². The second-order valence-electron chi connectivity index (χ2n) is 6.00. The van der Waals surface area contributed by atoms with E-state index >= 15 is 0 Å². The van der Waals surface area contributed by atoms with E-state index in [1.807, 2.05) is 0 Å². The van der Waals surface area contributed by atoms with Crippen LogP contribution in [0.4, 0.5) is 10.1 Å². The van der Waals surface area contributed by atoms with Gasteiger partial charge in [0.15, 0.2) is 0 Å². The largest absolute Gasteiger partial charge is 0.465 e. The van der Waals surface area contributed by atoms with Gasteiger partial charge in [0.2, 0.25) is 5.91 Å². The van der Waals surface area contributed by atoms with Gasteiger partial charge < -0.3 is 4.74 Å². The minimum absolute atomic E-state index is 0.172. The minimum Gasteiger partial charge on any atom is -0.465 e. The van der Waals surface area contributed by atoms with Gasteiger partial charge >= 0.3 is 5.97 Å². The lowest BCUT2D eigenvalue weighted by molar-refractivity contribution is -0.140. The zero-order valence-corrected chi connectivity index (χ0v) is 12.7. The van der Waals surface area contributed by atoms with Crippen molar-refractivity contribution >= 4 is 23.5 Å². The molecular formula is C16H17FN2O4. The van der Waals surface area contributed by atoms with Crippen LogP contribution in [0.3, 0.4) is 0 Å². The van der Waals surface area contributed by atoms with Crippen LogP contribution in [0.25, 0.3) is 0 Å². The number of hydrogen-bond acceptors (Lipinski definition) is 4. The van der Waals surface area contributed by atoms with Crippen LogP contribution in [0.15, 0.2) is 18.2 Å². The maximum atomic E-state index is 14.1. The van der Waals surface area contributed by atoms with Crippen LogP contribution in [0.1, 0.15) is 42.5 Å². The van der Waals surface area contributed by atoms with Crippen molar-refractivity contribution in [2.24, 2.45) is 5.41 Å². The lowest BCUT2D eigenvalue weighted by Crippen LogP contribution is -2.59. The Balaban J connectivity index is 1.94. The Morgan fingerprint density at radius 3 is 2.61 bits per heavy atom. The molecule has 1 spiro atoms. The number of carbonyl (C=O) groups is 3. The predicted octanol–water partition coefficient (Wildman–Crippen LogP) is 1.94. The first-order valence-corrected chi connectivity index (χ1v) is 7.49. The van der Waals surface area contributed by atoms with Crippen LogP contribution in [-0.4, -0.2) is 24.9 Å². The van der Waals surface area contributed by atoms with Crippen molar-refractivity contribution in [3.63, 3.8) is 0 Å². The lowest BCUT2D eigenvalue weighted by atomic mass is 9.80. The molecule has 122 valence electrons. The number of methoxy groups -OCH3 is 1. The van der Waals surface area contributed by atoms with Gasteiger partial charge in [0.05, 0.1) is 23.8 Å². The Hall–Kier alpha value is -2.44. The van der Waals surface area contributed by atoms with Gasteiger partial charge in [-0.15, -0.1) is 0 Å². The highest BCUT2D eigenvalue weighted by atomic mass is 19.1. The van der Waals surface area contributed by atoms with Gasteiger partial charge in [-0.05, 0) is 25.0 Å². The maximum absolute atomic E-state index is 14.1. The van der Waals surface area contributed by atoms with Crippen LogP contribution in [-0.2, 0) is 14.3 Å². The van der Waals surface area contributed by atoms with Gasteiger partial charge in [-0.1, -0.05) is 12.8 Å². The predicted molar refractivity (Wildman–Crippen MR) is 78.9 cm³/mol. The number of ether oxygens (including phenoxy) is 1. The number of halogens is 1. The van der Waals surface area contributed by atoms with Gasteiger partial charge in [-0.3, -0.25) is 15.0 Å². The fraction of sp³-hybridized carbons (Fsp3) is 0.438. The van der Waals surface area contributed by atoms with Crippen molar-refractivity contribution in [2.45, 2.75) is 32.1 Å². The number of esters is 1. The molecule has 1 aromatic carbocycles. The molecule has 1 saturated heterocycles. The van der Waals surface area contributed by atoms with E-state index in [-0.39, 0.29) is 29.5 Å². The fourth-order valence-electron chi connectivity index (χ4n) is 3.38. The van der Waals surface area contributed by atoms with E-state index < -0.39 is 17.2 Å². The Bertz CT molecular complexity index is 683. The number of nitrogens with zero attached hydrogens (tertiary/aromatic N) is 1. The summed E-state index contributed by atoms with van der Waals surface area (Å²) in [5.41, 5.74) is 1.78. The highest BCUT2D eigenvalue weighted by Crippen LogP contribution is 2.44. The molecule has 0 aromatic heterocycles. The number of nitrogens with one attached hydrogen (secondary N) is 1. The van der Waals surface area contributed by atoms with Crippen molar-refractivity contribution in [3.8, 4) is 0 Å². The highest BCUT2D eigenvalue weighted by Gasteiger charge is 2.49. The van der Waals surface area contributed by atoms with Gasteiger partial charge in [-0.25, -0.2) is 14.2 Å². The van der Waals surface area contributed by atoms with Gasteiger partial charge in [0.1, 0.15) is 5.82 Å². The topological polar surface area (TPSA) is 75.7 Å². The number of anilines is 1. The van der Waals surface area contributed by atoms with Crippen molar-refractivity contribution in [3.05, 3.63) is 29.6 Å². The van der Waals surface area contributed by atoms with E-state index in [0.717, 1.165) is 31.0 Å². The summed E-state index contributed by atoms with van der Waals surface area (Å²) in [7, 11) is 1.16. The summed E-state index contributed by atoms with van der Waals surface area (Å²) in [6.45, 7) is 0. The van der Waals surface area contributed by atoms with Crippen molar-refractivity contribution < 1.29 is 23.5 Å². The number of rotatable bonds is 2. The second kappa shape index (κ2) is 5.64. The molecule has 2 aliphatic rings. The Morgan fingerprint density at radius 1 is 1.30 bits per heavy atom. The highest BCUT2D eigenvalue weighted by molar-refractivity contribution is 6.05. The normalized spacial score (nSPS) is 19.8. The molecule has 23 heavy (non-hydrogen) atoms. The standard InChI is InChI=1S/C16H17FN2O4/c1-23-14(21)11-5-4-10(8-12(11)17)19-15(22)16(6-2-3-7-16)9-13(20)18-19/h4-5,8H,2-3,6-7,9H2,1H3,(H,18,20). The summed E-state index contributed by atoms with van der Waals surface area (Å²) >= 11 is 0. The molecular weight excluding hydrogens is 303 g/mol. The molecule has 1 heterocycles. The molecule has 6 nitrogen and oxygen atoms in total. The average molecular weight is 320 g/mol. The molecule has 1 aliphatic heterocycles. The third-order valence-electron chi connectivity index (χ3n) is 4.57. The smallest absolute Gasteiger partial charge is 0.340 e. The number of amides is 2. The molecule has 1 saturated carbocycles.